The van der Waals surface area contributed by atoms with E-state index in [1.807, 2.05) is 0 Å². The molecule has 0 aromatic heterocycles. The molecule has 0 rings (SSSR count). The summed E-state index contributed by atoms with van der Waals surface area (Å²) in [4.78, 5) is 20.4. The molecule has 82 valence electrons. The van der Waals surface area contributed by atoms with Gasteiger partial charge in [-0.2, -0.15) is 0 Å². The number of carbonyl (C=O) groups excluding carboxylic acids is 1. The minimum atomic E-state index is -0.670. The summed E-state index contributed by atoms with van der Waals surface area (Å²) in [5.41, 5.74) is 0. The van der Waals surface area contributed by atoms with Gasteiger partial charge in [-0.15, -0.1) is 0 Å². The minimum absolute atomic E-state index is 0.0668. The normalized spacial score (nSPS) is 10.5. The van der Waals surface area contributed by atoms with E-state index in [0.717, 1.165) is 0 Å². The Morgan fingerprint density at radius 2 is 1.86 bits per heavy atom. The second-order valence-electron chi connectivity index (χ2n) is 2.57. The molecule has 0 fully saturated rings. The molecule has 0 spiro atoms. The first-order chi connectivity index (χ1) is 6.60. The van der Waals surface area contributed by atoms with Gasteiger partial charge in [0.15, 0.2) is 6.29 Å². The Kier molecular flexibility index (Phi) is 6.87. The van der Waals surface area contributed by atoms with E-state index in [1.54, 1.807) is 13.8 Å². The van der Waals surface area contributed by atoms with Crippen molar-refractivity contribution in [3.05, 3.63) is 10.1 Å². The van der Waals surface area contributed by atoms with Gasteiger partial charge >= 0.3 is 0 Å². The Hall–Kier alpha value is -1.01. The van der Waals surface area contributed by atoms with Gasteiger partial charge in [0.2, 0.25) is 5.78 Å². The molecule has 0 saturated heterocycles. The van der Waals surface area contributed by atoms with Crippen LogP contribution in [0.25, 0.3) is 0 Å². The maximum atomic E-state index is 11.0. The Morgan fingerprint density at radius 1 is 1.36 bits per heavy atom. The van der Waals surface area contributed by atoms with Crippen molar-refractivity contribution in [2.45, 2.75) is 26.6 Å². The van der Waals surface area contributed by atoms with Gasteiger partial charge < -0.3 is 9.47 Å². The van der Waals surface area contributed by atoms with Crippen molar-refractivity contribution < 1.29 is 19.2 Å². The van der Waals surface area contributed by atoms with Crippen LogP contribution in [0, 0.1) is 10.1 Å². The van der Waals surface area contributed by atoms with E-state index in [9.17, 15) is 14.9 Å². The molecule has 6 nitrogen and oxygen atoms in total. The van der Waals surface area contributed by atoms with Gasteiger partial charge in [-0.05, 0) is 13.8 Å². The van der Waals surface area contributed by atoms with Gasteiger partial charge in [0.1, 0.15) is 0 Å². The van der Waals surface area contributed by atoms with E-state index < -0.39 is 23.5 Å². The summed E-state index contributed by atoms with van der Waals surface area (Å²) in [7, 11) is 0. The van der Waals surface area contributed by atoms with Gasteiger partial charge in [0.05, 0.1) is 6.42 Å². The van der Waals surface area contributed by atoms with Gasteiger partial charge in [-0.3, -0.25) is 14.9 Å². The van der Waals surface area contributed by atoms with Gasteiger partial charge in [-0.25, -0.2) is 0 Å². The number of nitrogens with zero attached hydrogens (tertiary/aromatic N) is 1. The molecule has 0 aliphatic heterocycles. The van der Waals surface area contributed by atoms with Gasteiger partial charge in [-0.1, -0.05) is 0 Å². The van der Waals surface area contributed by atoms with Crippen LogP contribution >= 0.6 is 0 Å². The molecule has 0 atom stereocenters. The summed E-state index contributed by atoms with van der Waals surface area (Å²) in [5.74, 6) is -0.484. The fraction of sp³-hybridized carbons (Fsp3) is 0.875. The van der Waals surface area contributed by atoms with Crippen LogP contribution in [0.2, 0.25) is 0 Å². The second-order valence-corrected chi connectivity index (χ2v) is 2.57. The molecule has 0 radical (unpaired) electrons. The van der Waals surface area contributed by atoms with E-state index in [4.69, 9.17) is 9.47 Å². The van der Waals surface area contributed by atoms with E-state index in [-0.39, 0.29) is 6.42 Å². The van der Waals surface area contributed by atoms with Crippen molar-refractivity contribution in [2.24, 2.45) is 0 Å². The first-order valence-corrected chi connectivity index (χ1v) is 4.46. The second kappa shape index (κ2) is 7.40. The average molecular weight is 205 g/mol. The van der Waals surface area contributed by atoms with Crippen molar-refractivity contribution >= 4 is 5.78 Å². The molecular weight excluding hydrogens is 190 g/mol. The van der Waals surface area contributed by atoms with E-state index >= 15 is 0 Å². The lowest BCUT2D eigenvalue weighted by molar-refractivity contribution is -0.467. The summed E-state index contributed by atoms with van der Waals surface area (Å²) < 4.78 is 10.1. The molecule has 0 aliphatic rings. The molecule has 0 amide bonds. The van der Waals surface area contributed by atoms with Crippen LogP contribution in [0.15, 0.2) is 0 Å². The van der Waals surface area contributed by atoms with Crippen LogP contribution in [0.3, 0.4) is 0 Å². The fourth-order valence-corrected chi connectivity index (χ4v) is 0.932. The molecule has 0 unspecified atom stereocenters. The number of ketones is 1. The summed E-state index contributed by atoms with van der Waals surface area (Å²) >= 11 is 0. The standard InChI is InChI=1S/C8H15NO5/c1-3-13-8(14-4-2)5-7(10)6-9(11)12/h8H,3-6H2,1-2H3. The molecule has 0 aromatic carbocycles. The summed E-state index contributed by atoms with van der Waals surface area (Å²) in [6.45, 7) is 3.69. The molecule has 0 saturated carbocycles. The third kappa shape index (κ3) is 6.50. The SMILES string of the molecule is CCOC(CC(=O)C[N+](=O)[O-])OCC. The number of carbonyl (C=O) groups is 1. The van der Waals surface area contributed by atoms with Crippen molar-refractivity contribution in [1.29, 1.82) is 0 Å². The molecule has 0 N–H and O–H groups in total. The van der Waals surface area contributed by atoms with E-state index in [2.05, 4.69) is 0 Å². The predicted molar refractivity (Wildman–Crippen MR) is 48.5 cm³/mol. The van der Waals surface area contributed by atoms with Crippen LogP contribution in [-0.2, 0) is 14.3 Å². The van der Waals surface area contributed by atoms with Crippen molar-refractivity contribution in [3.8, 4) is 0 Å². The largest absolute Gasteiger partial charge is 0.352 e. The van der Waals surface area contributed by atoms with Crippen molar-refractivity contribution in [3.63, 3.8) is 0 Å². The number of nitro groups is 1. The molecule has 14 heavy (non-hydrogen) atoms. The Bertz CT molecular complexity index is 188. The summed E-state index contributed by atoms with van der Waals surface area (Å²) in [6, 6.07) is 0. The van der Waals surface area contributed by atoms with Crippen molar-refractivity contribution in [1.82, 2.24) is 0 Å². The fourth-order valence-electron chi connectivity index (χ4n) is 0.932. The van der Waals surface area contributed by atoms with Crippen LogP contribution in [0.5, 0.6) is 0 Å². The van der Waals surface area contributed by atoms with Gasteiger partial charge in [0, 0.05) is 18.1 Å². The number of hydrogen-bond acceptors (Lipinski definition) is 5. The zero-order valence-electron chi connectivity index (χ0n) is 8.39. The van der Waals surface area contributed by atoms with Gasteiger partial charge in [0.25, 0.3) is 6.54 Å². The highest BCUT2D eigenvalue weighted by molar-refractivity contribution is 5.79. The monoisotopic (exact) mass is 205 g/mol. The quantitative estimate of drug-likeness (QED) is 0.330. The topological polar surface area (TPSA) is 78.7 Å². The Balaban J connectivity index is 3.88. The Morgan fingerprint density at radius 3 is 2.21 bits per heavy atom. The van der Waals surface area contributed by atoms with Crippen LogP contribution in [0.4, 0.5) is 0 Å². The lowest BCUT2D eigenvalue weighted by Gasteiger charge is -2.14. The lowest BCUT2D eigenvalue weighted by atomic mass is 10.3. The minimum Gasteiger partial charge on any atom is -0.352 e. The zero-order valence-corrected chi connectivity index (χ0v) is 8.39. The summed E-state index contributed by atoms with van der Waals surface area (Å²) in [5, 5.41) is 10.0. The molecule has 0 aliphatic carbocycles. The lowest BCUT2D eigenvalue weighted by Crippen LogP contribution is -2.25. The Labute approximate surface area is 82.3 Å². The number of Topliss-reactive ketones (excluding diaryl/α,β-unsaturated/α-hetero) is 1. The maximum Gasteiger partial charge on any atom is 0.261 e. The summed E-state index contributed by atoms with van der Waals surface area (Å²) in [6.07, 6.45) is -0.722. The third-order valence-corrected chi connectivity index (χ3v) is 1.40. The highest BCUT2D eigenvalue weighted by atomic mass is 16.7. The third-order valence-electron chi connectivity index (χ3n) is 1.40. The number of rotatable bonds is 8. The highest BCUT2D eigenvalue weighted by Crippen LogP contribution is 2.01. The average Bonchev–Trinajstić information content (AvgIpc) is 2.03. The number of ether oxygens (including phenoxy) is 2. The van der Waals surface area contributed by atoms with E-state index in [0.29, 0.717) is 13.2 Å². The van der Waals surface area contributed by atoms with Crippen LogP contribution < -0.4 is 0 Å². The van der Waals surface area contributed by atoms with Crippen LogP contribution in [0.1, 0.15) is 20.3 Å². The first-order valence-electron chi connectivity index (χ1n) is 4.46. The van der Waals surface area contributed by atoms with E-state index in [1.165, 1.54) is 0 Å². The van der Waals surface area contributed by atoms with Crippen molar-refractivity contribution in [2.75, 3.05) is 19.8 Å². The molecule has 6 heteroatoms. The molecule has 0 aromatic rings. The number of hydrogen-bond donors (Lipinski definition) is 0. The van der Waals surface area contributed by atoms with Crippen LogP contribution in [-0.4, -0.2) is 36.8 Å². The zero-order chi connectivity index (χ0) is 11.0. The smallest absolute Gasteiger partial charge is 0.261 e. The molecular formula is C8H15NO5. The first kappa shape index (κ1) is 13.0. The maximum absolute atomic E-state index is 11.0. The predicted octanol–water partition coefficient (Wildman–Crippen LogP) is 0.621. The molecule has 0 bridgehead atoms. The highest BCUT2D eigenvalue weighted by Gasteiger charge is 2.17. The molecule has 0 heterocycles.